The molecule has 1 aliphatic rings. The summed E-state index contributed by atoms with van der Waals surface area (Å²) in [6.45, 7) is 5.73. The second-order valence-electron chi connectivity index (χ2n) is 6.16. The molecule has 1 heterocycles. The number of carbonyl (C=O) groups excluding carboxylic acids is 3. The Bertz CT molecular complexity index is 404. The number of hydrogen-bond donors (Lipinski definition) is 1. The van der Waals surface area contributed by atoms with Crippen LogP contribution in [0.1, 0.15) is 65.7 Å². The molecule has 1 rings (SSSR count). The molecule has 1 saturated heterocycles. The third-order valence-corrected chi connectivity index (χ3v) is 4.23. The average Bonchev–Trinajstić information content (AvgIpc) is 2.51. The second kappa shape index (κ2) is 12.2. The van der Waals surface area contributed by atoms with Gasteiger partial charge in [0.05, 0.1) is 5.92 Å². The summed E-state index contributed by atoms with van der Waals surface area (Å²) in [6, 6.07) is -0.622. The number of esters is 2. The van der Waals surface area contributed by atoms with Crippen molar-refractivity contribution in [2.24, 2.45) is 5.92 Å². The van der Waals surface area contributed by atoms with Crippen molar-refractivity contribution in [1.29, 1.82) is 0 Å². The van der Waals surface area contributed by atoms with Crippen molar-refractivity contribution in [1.82, 2.24) is 5.32 Å². The smallest absolute Gasteiger partial charge is 0.328 e. The number of amides is 1. The van der Waals surface area contributed by atoms with E-state index in [-0.39, 0.29) is 37.6 Å². The number of carbonyl (C=O) groups is 3. The molecule has 0 spiro atoms. The highest BCUT2D eigenvalue weighted by Crippen LogP contribution is 2.31. The van der Waals surface area contributed by atoms with Gasteiger partial charge in [0.2, 0.25) is 6.41 Å². The van der Waals surface area contributed by atoms with E-state index in [2.05, 4.69) is 12.2 Å². The summed E-state index contributed by atoms with van der Waals surface area (Å²) in [5.41, 5.74) is 0. The zero-order chi connectivity index (χ0) is 17.2. The minimum atomic E-state index is -0.622. The van der Waals surface area contributed by atoms with Crippen LogP contribution in [-0.4, -0.2) is 36.6 Å². The van der Waals surface area contributed by atoms with Crippen molar-refractivity contribution in [2.45, 2.75) is 84.0 Å². The summed E-state index contributed by atoms with van der Waals surface area (Å²) < 4.78 is 10.5. The summed E-state index contributed by atoms with van der Waals surface area (Å²) in [5.74, 6) is -0.653. The first-order valence-electron chi connectivity index (χ1n) is 8.64. The van der Waals surface area contributed by atoms with E-state index in [4.69, 9.17) is 9.47 Å². The van der Waals surface area contributed by atoms with Crippen LogP contribution in [0.15, 0.2) is 0 Å². The largest absolute Gasteiger partial charge is 0.461 e. The Morgan fingerprint density at radius 1 is 1.33 bits per heavy atom. The quantitative estimate of drug-likeness (QED) is 0.328. The monoisotopic (exact) mass is 361 g/mol. The van der Waals surface area contributed by atoms with Gasteiger partial charge in [-0.2, -0.15) is 13.5 Å². The van der Waals surface area contributed by atoms with E-state index >= 15 is 0 Å². The van der Waals surface area contributed by atoms with Gasteiger partial charge in [0.25, 0.3) is 0 Å². The molecule has 4 atom stereocenters. The van der Waals surface area contributed by atoms with Gasteiger partial charge in [0.1, 0.15) is 18.2 Å². The predicted octanol–water partition coefficient (Wildman–Crippen LogP) is 2.46. The van der Waals surface area contributed by atoms with Crippen LogP contribution in [0.4, 0.5) is 0 Å². The van der Waals surface area contributed by atoms with E-state index < -0.39 is 12.0 Å². The fraction of sp³-hybridized carbons (Fsp3) is 0.824. The van der Waals surface area contributed by atoms with Crippen LogP contribution >= 0.6 is 13.5 Å². The molecule has 1 N–H and O–H groups in total. The maximum atomic E-state index is 11.9. The molecule has 24 heavy (non-hydrogen) atoms. The molecular formula is C17H31NO5S. The van der Waals surface area contributed by atoms with Gasteiger partial charge in [-0.05, 0) is 19.8 Å². The molecule has 1 aliphatic heterocycles. The van der Waals surface area contributed by atoms with E-state index in [1.807, 2.05) is 0 Å². The van der Waals surface area contributed by atoms with Crippen molar-refractivity contribution in [3.8, 4) is 0 Å². The Morgan fingerprint density at radius 3 is 2.58 bits per heavy atom. The number of rotatable bonds is 12. The predicted molar refractivity (Wildman–Crippen MR) is 96.0 cm³/mol. The van der Waals surface area contributed by atoms with Crippen LogP contribution in [0.5, 0.6) is 0 Å². The molecule has 6 nitrogen and oxygen atoms in total. The van der Waals surface area contributed by atoms with Gasteiger partial charge < -0.3 is 14.8 Å². The van der Waals surface area contributed by atoms with E-state index in [1.165, 1.54) is 12.8 Å². The Balaban J connectivity index is 0.00000529. The van der Waals surface area contributed by atoms with E-state index in [1.54, 1.807) is 13.8 Å². The lowest BCUT2D eigenvalue weighted by Crippen LogP contribution is -2.47. The Kier molecular flexibility index (Phi) is 11.5. The van der Waals surface area contributed by atoms with Gasteiger partial charge in [-0.25, -0.2) is 4.79 Å². The van der Waals surface area contributed by atoms with Crippen LogP contribution in [0.25, 0.3) is 0 Å². The first-order valence-corrected chi connectivity index (χ1v) is 8.64. The molecule has 0 aromatic rings. The van der Waals surface area contributed by atoms with Crippen molar-refractivity contribution in [2.75, 3.05) is 0 Å². The van der Waals surface area contributed by atoms with Gasteiger partial charge in [0, 0.05) is 6.42 Å². The fourth-order valence-electron chi connectivity index (χ4n) is 2.80. The van der Waals surface area contributed by atoms with Crippen LogP contribution in [-0.2, 0) is 23.9 Å². The van der Waals surface area contributed by atoms with Gasteiger partial charge in [0.15, 0.2) is 0 Å². The Hall–Kier alpha value is -1.24. The Labute approximate surface area is 151 Å². The number of ether oxygens (including phenoxy) is 2. The molecule has 0 bridgehead atoms. The van der Waals surface area contributed by atoms with Crippen molar-refractivity contribution >= 4 is 31.8 Å². The topological polar surface area (TPSA) is 81.7 Å². The van der Waals surface area contributed by atoms with Gasteiger partial charge in [-0.15, -0.1) is 0 Å². The number of nitrogens with one attached hydrogen (secondary N) is 1. The van der Waals surface area contributed by atoms with Crippen molar-refractivity contribution in [3.05, 3.63) is 0 Å². The van der Waals surface area contributed by atoms with Crippen molar-refractivity contribution < 1.29 is 23.9 Å². The van der Waals surface area contributed by atoms with Gasteiger partial charge >= 0.3 is 11.9 Å². The summed E-state index contributed by atoms with van der Waals surface area (Å²) in [5, 5.41) is 2.43. The molecule has 2 unspecified atom stereocenters. The van der Waals surface area contributed by atoms with Gasteiger partial charge in [-0.3, -0.25) is 9.59 Å². The normalized spacial score (nSPS) is 21.5. The molecule has 140 valence electrons. The SMILES string of the molecule is CCCCCC[C@@H]1C(=O)OC1CC(C)OC(=O)[C@H](CC)NC=O.S. The summed E-state index contributed by atoms with van der Waals surface area (Å²) in [7, 11) is 0. The lowest BCUT2D eigenvalue weighted by molar-refractivity contribution is -0.189. The van der Waals surface area contributed by atoms with E-state index in [9.17, 15) is 14.4 Å². The zero-order valence-corrected chi connectivity index (χ0v) is 15.9. The molecule has 0 radical (unpaired) electrons. The van der Waals surface area contributed by atoms with Crippen LogP contribution < -0.4 is 5.32 Å². The second-order valence-corrected chi connectivity index (χ2v) is 6.16. The highest BCUT2D eigenvalue weighted by atomic mass is 32.1. The summed E-state index contributed by atoms with van der Waals surface area (Å²) >= 11 is 0. The summed E-state index contributed by atoms with van der Waals surface area (Å²) in [6.07, 6.45) is 6.33. The lowest BCUT2D eigenvalue weighted by atomic mass is 9.87. The number of cyclic esters (lactones) is 1. The van der Waals surface area contributed by atoms with Crippen LogP contribution in [0.3, 0.4) is 0 Å². The number of hydrogen-bond acceptors (Lipinski definition) is 5. The minimum Gasteiger partial charge on any atom is -0.461 e. The molecule has 0 aliphatic carbocycles. The third kappa shape index (κ3) is 7.11. The number of unbranched alkanes of at least 4 members (excludes halogenated alkanes) is 3. The molecule has 0 aromatic carbocycles. The van der Waals surface area contributed by atoms with Crippen molar-refractivity contribution in [3.63, 3.8) is 0 Å². The van der Waals surface area contributed by atoms with E-state index in [0.29, 0.717) is 19.3 Å². The lowest BCUT2D eigenvalue weighted by Gasteiger charge is -2.36. The zero-order valence-electron chi connectivity index (χ0n) is 14.9. The molecule has 0 aromatic heterocycles. The van der Waals surface area contributed by atoms with Crippen LogP contribution in [0, 0.1) is 5.92 Å². The van der Waals surface area contributed by atoms with Crippen LogP contribution in [0.2, 0.25) is 0 Å². The standard InChI is InChI=1S/C17H29NO5.H2S/c1-4-6-7-8-9-13-15(23-16(13)20)10-12(3)22-17(21)14(5-2)18-11-19;/h11-15H,4-10H2,1-3H3,(H,18,19);1H2/t12?,13-,14-,15?;/m0./s1. The highest BCUT2D eigenvalue weighted by Gasteiger charge is 2.42. The maximum absolute atomic E-state index is 11.9. The molecule has 1 amide bonds. The summed E-state index contributed by atoms with van der Waals surface area (Å²) in [4.78, 5) is 33.9. The molecule has 7 heteroatoms. The average molecular weight is 362 g/mol. The molecule has 1 fully saturated rings. The van der Waals surface area contributed by atoms with E-state index in [0.717, 1.165) is 19.3 Å². The first-order chi connectivity index (χ1) is 11.0. The first kappa shape index (κ1) is 22.8. The highest BCUT2D eigenvalue weighted by molar-refractivity contribution is 7.59. The minimum absolute atomic E-state index is 0. The maximum Gasteiger partial charge on any atom is 0.328 e. The molecule has 0 saturated carbocycles. The Morgan fingerprint density at radius 2 is 2.04 bits per heavy atom. The van der Waals surface area contributed by atoms with Gasteiger partial charge in [-0.1, -0.05) is 39.5 Å². The molecular weight excluding hydrogens is 330 g/mol. The third-order valence-electron chi connectivity index (χ3n) is 4.23. The fourth-order valence-corrected chi connectivity index (χ4v) is 2.80.